The van der Waals surface area contributed by atoms with Gasteiger partial charge in [0.05, 0.1) is 0 Å². The summed E-state index contributed by atoms with van der Waals surface area (Å²) in [7, 11) is 0. The quantitative estimate of drug-likeness (QED) is 0.603. The number of benzene rings is 1. The molecule has 1 heterocycles. The Morgan fingerprint density at radius 2 is 1.84 bits per heavy atom. The van der Waals surface area contributed by atoms with Crippen LogP contribution in [0.2, 0.25) is 0 Å². The van der Waals surface area contributed by atoms with Gasteiger partial charge in [0.1, 0.15) is 0 Å². The van der Waals surface area contributed by atoms with Crippen LogP contribution >= 0.6 is 0 Å². The summed E-state index contributed by atoms with van der Waals surface area (Å²) in [6, 6.07) is 10.2. The van der Waals surface area contributed by atoms with Crippen molar-refractivity contribution < 1.29 is 0 Å². The second-order valence-corrected chi connectivity index (χ2v) is 6.69. The van der Waals surface area contributed by atoms with Crippen LogP contribution in [-0.2, 0) is 0 Å². The molecule has 1 aromatic heterocycles. The van der Waals surface area contributed by atoms with Gasteiger partial charge in [-0.05, 0) is 48.1 Å². The average molecular weight is 337 g/mol. The standard InChI is InChI=1S/C14H25N.C9H7N/c1-3-5-8-13-9-7-10-14(12-13)15-11-6-4-2;1-2-4-9-7-10-6-5-8(9)3-1/h7,9-10,13,15H,3-6,8,11-12H2,1-2H3;1-7H. The molecule has 0 spiro atoms. The van der Waals surface area contributed by atoms with E-state index in [1.54, 1.807) is 0 Å². The molecule has 0 aliphatic heterocycles. The van der Waals surface area contributed by atoms with E-state index in [2.05, 4.69) is 54.5 Å². The van der Waals surface area contributed by atoms with Crippen LogP contribution in [0, 0.1) is 5.92 Å². The second kappa shape index (κ2) is 11.5. The fourth-order valence-corrected chi connectivity index (χ4v) is 3.00. The number of unbranched alkanes of at least 4 members (excludes halogenated alkanes) is 2. The highest BCUT2D eigenvalue weighted by Crippen LogP contribution is 2.21. The fourth-order valence-electron chi connectivity index (χ4n) is 3.00. The van der Waals surface area contributed by atoms with Crippen molar-refractivity contribution >= 4 is 10.8 Å². The van der Waals surface area contributed by atoms with Crippen molar-refractivity contribution in [2.75, 3.05) is 6.54 Å². The van der Waals surface area contributed by atoms with Gasteiger partial charge in [-0.25, -0.2) is 0 Å². The predicted molar refractivity (Wildman–Crippen MR) is 110 cm³/mol. The van der Waals surface area contributed by atoms with E-state index in [0.29, 0.717) is 0 Å². The molecule has 2 aromatic rings. The number of aromatic nitrogens is 1. The van der Waals surface area contributed by atoms with Crippen molar-refractivity contribution in [3.8, 4) is 0 Å². The van der Waals surface area contributed by atoms with Gasteiger partial charge in [-0.2, -0.15) is 0 Å². The molecular weight excluding hydrogens is 304 g/mol. The third kappa shape index (κ3) is 7.13. The molecule has 1 atom stereocenters. The smallest absolute Gasteiger partial charge is 0.0346 e. The largest absolute Gasteiger partial charge is 0.388 e. The molecule has 2 nitrogen and oxygen atoms in total. The van der Waals surface area contributed by atoms with Gasteiger partial charge in [0.2, 0.25) is 0 Å². The summed E-state index contributed by atoms with van der Waals surface area (Å²) in [5, 5.41) is 5.99. The number of hydrogen-bond acceptors (Lipinski definition) is 2. The molecule has 0 saturated carbocycles. The maximum Gasteiger partial charge on any atom is 0.0346 e. The molecule has 0 saturated heterocycles. The van der Waals surface area contributed by atoms with Crippen molar-refractivity contribution in [3.63, 3.8) is 0 Å². The van der Waals surface area contributed by atoms with Crippen LogP contribution in [-0.4, -0.2) is 11.5 Å². The van der Waals surface area contributed by atoms with Gasteiger partial charge in [0.15, 0.2) is 0 Å². The first-order valence-corrected chi connectivity index (χ1v) is 9.73. The minimum atomic E-state index is 0.777. The normalized spacial score (nSPS) is 16.1. The molecule has 0 radical (unpaired) electrons. The molecule has 0 amide bonds. The number of nitrogens with zero attached hydrogens (tertiary/aromatic N) is 1. The van der Waals surface area contributed by atoms with E-state index in [1.165, 1.54) is 55.0 Å². The molecule has 25 heavy (non-hydrogen) atoms. The van der Waals surface area contributed by atoms with Crippen molar-refractivity contribution in [1.82, 2.24) is 10.3 Å². The Hall–Kier alpha value is -2.09. The van der Waals surface area contributed by atoms with Crippen LogP contribution < -0.4 is 5.32 Å². The predicted octanol–water partition coefficient (Wildman–Crippen LogP) is 6.26. The Balaban J connectivity index is 0.000000194. The molecular formula is C23H32N2. The minimum absolute atomic E-state index is 0.777. The van der Waals surface area contributed by atoms with E-state index in [-0.39, 0.29) is 0 Å². The zero-order valence-corrected chi connectivity index (χ0v) is 15.7. The zero-order valence-electron chi connectivity index (χ0n) is 15.7. The molecule has 2 heteroatoms. The number of rotatable bonds is 7. The molecule has 1 unspecified atom stereocenters. The maximum absolute atomic E-state index is 4.01. The van der Waals surface area contributed by atoms with Gasteiger partial charge >= 0.3 is 0 Å². The number of pyridine rings is 1. The number of nitrogens with one attached hydrogen (secondary N) is 1. The van der Waals surface area contributed by atoms with Crippen LogP contribution in [0.1, 0.15) is 52.4 Å². The summed E-state index contributed by atoms with van der Waals surface area (Å²) in [5.74, 6) is 0.777. The Morgan fingerprint density at radius 3 is 2.60 bits per heavy atom. The monoisotopic (exact) mass is 336 g/mol. The third-order valence-corrected chi connectivity index (χ3v) is 4.52. The van der Waals surface area contributed by atoms with E-state index >= 15 is 0 Å². The summed E-state index contributed by atoms with van der Waals surface area (Å²) >= 11 is 0. The van der Waals surface area contributed by atoms with Crippen LogP contribution in [0.25, 0.3) is 10.8 Å². The van der Waals surface area contributed by atoms with Crippen LogP contribution in [0.3, 0.4) is 0 Å². The van der Waals surface area contributed by atoms with Crippen LogP contribution in [0.4, 0.5) is 0 Å². The summed E-state index contributed by atoms with van der Waals surface area (Å²) in [5.41, 5.74) is 1.44. The Morgan fingerprint density at radius 1 is 1.04 bits per heavy atom. The Bertz CT molecular complexity index is 607. The SMILES string of the molecule is CCCCNC1=CC=CC(CCCC)C1.c1ccc2cnccc2c1. The highest BCUT2D eigenvalue weighted by Gasteiger charge is 2.10. The lowest BCUT2D eigenvalue weighted by Gasteiger charge is -2.19. The van der Waals surface area contributed by atoms with E-state index in [9.17, 15) is 0 Å². The minimum Gasteiger partial charge on any atom is -0.388 e. The van der Waals surface area contributed by atoms with Gasteiger partial charge < -0.3 is 5.32 Å². The molecule has 0 fully saturated rings. The number of fused-ring (bicyclic) bond motifs is 1. The van der Waals surface area contributed by atoms with E-state index in [0.717, 1.165) is 12.5 Å². The zero-order chi connectivity index (χ0) is 17.7. The van der Waals surface area contributed by atoms with E-state index < -0.39 is 0 Å². The highest BCUT2D eigenvalue weighted by molar-refractivity contribution is 5.80. The Labute approximate surface area is 153 Å². The molecule has 1 aliphatic rings. The molecule has 1 aromatic carbocycles. The van der Waals surface area contributed by atoms with Crippen LogP contribution in [0.15, 0.2) is 66.7 Å². The molecule has 134 valence electrons. The maximum atomic E-state index is 4.01. The van der Waals surface area contributed by atoms with Crippen molar-refractivity contribution in [2.24, 2.45) is 5.92 Å². The lowest BCUT2D eigenvalue weighted by Crippen LogP contribution is -2.18. The molecule has 1 aliphatic carbocycles. The highest BCUT2D eigenvalue weighted by atomic mass is 14.9. The van der Waals surface area contributed by atoms with Gasteiger partial charge in [0.25, 0.3) is 0 Å². The fraction of sp³-hybridized carbons (Fsp3) is 0.435. The van der Waals surface area contributed by atoms with Gasteiger partial charge in [0, 0.05) is 24.6 Å². The third-order valence-electron chi connectivity index (χ3n) is 4.52. The second-order valence-electron chi connectivity index (χ2n) is 6.69. The first kappa shape index (κ1) is 19.2. The lowest BCUT2D eigenvalue weighted by atomic mass is 9.93. The average Bonchev–Trinajstić information content (AvgIpc) is 2.67. The Kier molecular flexibility index (Phi) is 8.82. The first-order chi connectivity index (χ1) is 12.3. The molecule has 1 N–H and O–H groups in total. The topological polar surface area (TPSA) is 24.9 Å². The van der Waals surface area contributed by atoms with E-state index in [1.807, 2.05) is 30.6 Å². The van der Waals surface area contributed by atoms with Gasteiger partial charge in [-0.3, -0.25) is 4.98 Å². The van der Waals surface area contributed by atoms with Gasteiger partial charge in [-0.1, -0.05) is 69.5 Å². The summed E-state index contributed by atoms with van der Waals surface area (Å²) in [4.78, 5) is 4.01. The van der Waals surface area contributed by atoms with E-state index in [4.69, 9.17) is 0 Å². The lowest BCUT2D eigenvalue weighted by molar-refractivity contribution is 0.525. The summed E-state index contributed by atoms with van der Waals surface area (Å²) in [6.07, 6.45) is 18.3. The van der Waals surface area contributed by atoms with Crippen molar-refractivity contribution in [3.05, 3.63) is 66.7 Å². The number of hydrogen-bond donors (Lipinski definition) is 1. The van der Waals surface area contributed by atoms with Crippen molar-refractivity contribution in [2.45, 2.75) is 52.4 Å². The molecule has 0 bridgehead atoms. The van der Waals surface area contributed by atoms with Crippen LogP contribution in [0.5, 0.6) is 0 Å². The van der Waals surface area contributed by atoms with Crippen molar-refractivity contribution in [1.29, 1.82) is 0 Å². The number of allylic oxidation sites excluding steroid dienone is 4. The summed E-state index contributed by atoms with van der Waals surface area (Å²) < 4.78 is 0. The molecule has 3 rings (SSSR count). The summed E-state index contributed by atoms with van der Waals surface area (Å²) in [6.45, 7) is 5.64. The first-order valence-electron chi connectivity index (χ1n) is 9.73. The van der Waals surface area contributed by atoms with Gasteiger partial charge in [-0.15, -0.1) is 0 Å².